The van der Waals surface area contributed by atoms with E-state index in [2.05, 4.69) is 33.0 Å². The van der Waals surface area contributed by atoms with Crippen LogP contribution in [0.1, 0.15) is 118 Å². The molecule has 0 spiro atoms. The molecule has 2 heteroatoms. The normalized spacial score (nSPS) is 12.8. The highest BCUT2D eigenvalue weighted by Gasteiger charge is 2.02. The first-order valence-electron chi connectivity index (χ1n) is 11.5. The lowest BCUT2D eigenvalue weighted by Crippen LogP contribution is -2.29. The molecule has 152 valence electrons. The van der Waals surface area contributed by atoms with Crippen LogP contribution in [-0.2, 0) is 4.74 Å². The topological polar surface area (TPSA) is 21.3 Å². The molecule has 0 saturated carbocycles. The Balaban J connectivity index is 3.07. The first-order chi connectivity index (χ1) is 12.2. The number of ether oxygens (including phenoxy) is 1. The summed E-state index contributed by atoms with van der Waals surface area (Å²) in [6.45, 7) is 11.9. The van der Waals surface area contributed by atoms with Gasteiger partial charge in [0.1, 0.15) is 0 Å². The van der Waals surface area contributed by atoms with Gasteiger partial charge in [-0.1, -0.05) is 111 Å². The molecular weight excluding hydrogens is 306 g/mol. The molecule has 0 aliphatic heterocycles. The maximum atomic E-state index is 5.79. The number of unbranched alkanes of at least 4 members (excludes halogenated alkanes) is 13. The Morgan fingerprint density at radius 1 is 0.640 bits per heavy atom. The van der Waals surface area contributed by atoms with E-state index in [1.54, 1.807) is 0 Å². The van der Waals surface area contributed by atoms with Crippen molar-refractivity contribution in [1.82, 2.24) is 5.32 Å². The maximum absolute atomic E-state index is 5.79. The second kappa shape index (κ2) is 20.2. The van der Waals surface area contributed by atoms with Gasteiger partial charge < -0.3 is 10.1 Å². The van der Waals surface area contributed by atoms with E-state index in [4.69, 9.17) is 4.74 Å². The summed E-state index contributed by atoms with van der Waals surface area (Å²) < 4.78 is 5.79. The minimum atomic E-state index is 0.577. The second-order valence-electron chi connectivity index (χ2n) is 8.34. The minimum absolute atomic E-state index is 0.577. The zero-order chi connectivity index (χ0) is 18.6. The molecule has 0 heterocycles. The molecular formula is C23H49NO. The highest BCUT2D eigenvalue weighted by atomic mass is 16.5. The summed E-state index contributed by atoms with van der Waals surface area (Å²) in [4.78, 5) is 0. The van der Waals surface area contributed by atoms with Crippen molar-refractivity contribution >= 4 is 0 Å². The van der Waals surface area contributed by atoms with Crippen molar-refractivity contribution in [3.8, 4) is 0 Å². The molecule has 1 N–H and O–H groups in total. The Bertz CT molecular complexity index is 242. The van der Waals surface area contributed by atoms with E-state index in [0.717, 1.165) is 19.8 Å². The molecule has 25 heavy (non-hydrogen) atoms. The molecule has 0 aromatic carbocycles. The van der Waals surface area contributed by atoms with Crippen LogP contribution in [0.4, 0.5) is 0 Å². The number of hydrogen-bond acceptors (Lipinski definition) is 2. The molecule has 2 nitrogen and oxygen atoms in total. The highest BCUT2D eigenvalue weighted by Crippen LogP contribution is 2.13. The summed E-state index contributed by atoms with van der Waals surface area (Å²) in [5.74, 6) is 0.619. The van der Waals surface area contributed by atoms with Gasteiger partial charge in [-0.2, -0.15) is 0 Å². The maximum Gasteiger partial charge on any atom is 0.0503 e. The average molecular weight is 356 g/mol. The molecule has 0 aliphatic rings. The van der Waals surface area contributed by atoms with Crippen molar-refractivity contribution < 1.29 is 4.74 Å². The lowest BCUT2D eigenvalue weighted by Gasteiger charge is -2.15. The molecule has 0 amide bonds. The van der Waals surface area contributed by atoms with Crippen molar-refractivity contribution in [2.75, 3.05) is 19.8 Å². The van der Waals surface area contributed by atoms with Crippen LogP contribution in [0.3, 0.4) is 0 Å². The van der Waals surface area contributed by atoms with Crippen molar-refractivity contribution in [3.63, 3.8) is 0 Å². The zero-order valence-electron chi connectivity index (χ0n) is 18.1. The number of hydrogen-bond donors (Lipinski definition) is 1. The van der Waals surface area contributed by atoms with Gasteiger partial charge in [-0.15, -0.1) is 0 Å². The lowest BCUT2D eigenvalue weighted by molar-refractivity contribution is 0.100. The van der Waals surface area contributed by atoms with E-state index in [1.807, 2.05) is 0 Å². The summed E-state index contributed by atoms with van der Waals surface area (Å²) in [6, 6.07) is 0.577. The first-order valence-corrected chi connectivity index (χ1v) is 11.5. The van der Waals surface area contributed by atoms with Gasteiger partial charge in [0.05, 0.1) is 6.61 Å². The van der Waals surface area contributed by atoms with Crippen LogP contribution in [-0.4, -0.2) is 25.8 Å². The van der Waals surface area contributed by atoms with E-state index in [1.165, 1.54) is 89.9 Å². The van der Waals surface area contributed by atoms with E-state index >= 15 is 0 Å². The Hall–Kier alpha value is -0.0800. The third-order valence-electron chi connectivity index (χ3n) is 4.92. The largest absolute Gasteiger partial charge is 0.381 e. The first kappa shape index (κ1) is 24.9. The fourth-order valence-corrected chi connectivity index (χ4v) is 3.18. The van der Waals surface area contributed by atoms with Crippen LogP contribution in [0.5, 0.6) is 0 Å². The fourth-order valence-electron chi connectivity index (χ4n) is 3.18. The third kappa shape index (κ3) is 21.9. The second-order valence-corrected chi connectivity index (χ2v) is 8.34. The highest BCUT2D eigenvalue weighted by molar-refractivity contribution is 4.59. The fraction of sp³-hybridized carbons (Fsp3) is 1.00. The van der Waals surface area contributed by atoms with Gasteiger partial charge in [0.25, 0.3) is 0 Å². The summed E-state index contributed by atoms with van der Waals surface area (Å²) in [7, 11) is 0. The number of rotatable bonds is 20. The van der Waals surface area contributed by atoms with Crippen LogP contribution in [0.15, 0.2) is 0 Å². The smallest absolute Gasteiger partial charge is 0.0503 e. The minimum Gasteiger partial charge on any atom is -0.381 e. The van der Waals surface area contributed by atoms with Gasteiger partial charge in [0.2, 0.25) is 0 Å². The quantitative estimate of drug-likeness (QED) is 0.235. The molecule has 0 aromatic heterocycles. The van der Waals surface area contributed by atoms with Crippen LogP contribution < -0.4 is 5.32 Å². The zero-order valence-corrected chi connectivity index (χ0v) is 18.1. The average Bonchev–Trinajstić information content (AvgIpc) is 2.59. The van der Waals surface area contributed by atoms with E-state index in [-0.39, 0.29) is 0 Å². The van der Waals surface area contributed by atoms with Gasteiger partial charge in [-0.05, 0) is 12.3 Å². The van der Waals surface area contributed by atoms with Crippen LogP contribution in [0.2, 0.25) is 0 Å². The Labute approximate surface area is 159 Å². The summed E-state index contributed by atoms with van der Waals surface area (Å²) >= 11 is 0. The van der Waals surface area contributed by atoms with Crippen LogP contribution in [0.25, 0.3) is 0 Å². The summed E-state index contributed by atoms with van der Waals surface area (Å²) in [5, 5.41) is 3.47. The van der Waals surface area contributed by atoms with Crippen molar-refractivity contribution in [1.29, 1.82) is 0 Å². The lowest BCUT2D eigenvalue weighted by atomic mass is 10.0. The monoisotopic (exact) mass is 355 g/mol. The molecule has 0 aliphatic carbocycles. The summed E-state index contributed by atoms with van der Waals surface area (Å²) in [5.41, 5.74) is 0. The molecule has 0 radical (unpaired) electrons. The molecule has 0 rings (SSSR count). The van der Waals surface area contributed by atoms with Crippen molar-refractivity contribution in [3.05, 3.63) is 0 Å². The Morgan fingerprint density at radius 3 is 1.52 bits per heavy atom. The van der Waals surface area contributed by atoms with E-state index in [0.29, 0.717) is 12.0 Å². The van der Waals surface area contributed by atoms with Crippen molar-refractivity contribution in [2.24, 2.45) is 5.92 Å². The standard InChI is InChI=1S/C23H49NO/c1-5-6-7-8-9-10-11-12-13-14-15-16-17-18-19-25-21-23(4)20-24-22(2)3/h22-24H,5-21H2,1-4H3. The molecule has 0 bridgehead atoms. The predicted molar refractivity (Wildman–Crippen MR) is 113 cm³/mol. The molecule has 1 unspecified atom stereocenters. The molecule has 1 atom stereocenters. The predicted octanol–water partition coefficient (Wildman–Crippen LogP) is 7.12. The Morgan fingerprint density at radius 2 is 1.08 bits per heavy atom. The van der Waals surface area contributed by atoms with Gasteiger partial charge in [0, 0.05) is 19.2 Å². The molecule has 0 fully saturated rings. The summed E-state index contributed by atoms with van der Waals surface area (Å²) in [6.07, 6.45) is 19.8. The van der Waals surface area contributed by atoms with Gasteiger partial charge >= 0.3 is 0 Å². The van der Waals surface area contributed by atoms with Crippen molar-refractivity contribution in [2.45, 2.75) is 124 Å². The van der Waals surface area contributed by atoms with E-state index in [9.17, 15) is 0 Å². The number of nitrogens with one attached hydrogen (secondary N) is 1. The molecule has 0 saturated heterocycles. The van der Waals surface area contributed by atoms with Gasteiger partial charge in [-0.25, -0.2) is 0 Å². The van der Waals surface area contributed by atoms with Gasteiger partial charge in [0.15, 0.2) is 0 Å². The SMILES string of the molecule is CCCCCCCCCCCCCCCCOCC(C)CNC(C)C. The molecule has 0 aromatic rings. The van der Waals surface area contributed by atoms with Gasteiger partial charge in [-0.3, -0.25) is 0 Å². The third-order valence-corrected chi connectivity index (χ3v) is 4.92. The van der Waals surface area contributed by atoms with Crippen LogP contribution in [0, 0.1) is 5.92 Å². The Kier molecular flexibility index (Phi) is 20.2. The van der Waals surface area contributed by atoms with E-state index < -0.39 is 0 Å². The van der Waals surface area contributed by atoms with Crippen LogP contribution >= 0.6 is 0 Å².